The van der Waals surface area contributed by atoms with Gasteiger partial charge in [-0.15, -0.1) is 0 Å². The van der Waals surface area contributed by atoms with Crippen molar-refractivity contribution in [3.8, 4) is 0 Å². The molecule has 0 saturated carbocycles. The monoisotopic (exact) mass is 364 g/mol. The fourth-order valence-electron chi connectivity index (χ4n) is 1.44. The number of hydrogen-bond donors (Lipinski definition) is 1. The lowest BCUT2D eigenvalue weighted by atomic mass is 10.1. The van der Waals surface area contributed by atoms with Gasteiger partial charge in [0.15, 0.2) is 9.84 Å². The zero-order valence-corrected chi connectivity index (χ0v) is 14.1. The molecule has 0 fully saturated rings. The number of nitrogens with one attached hydrogen (secondary N) is 1. The standard InChI is InChI=1S/C12H17BrN2O4S/c1-8-5-10(9(13)6-11(8)15(16)17)14-7-12(2,3)20(4,18)19/h5-6,14H,7H2,1-4H3. The molecule has 0 aromatic heterocycles. The molecule has 0 spiro atoms. The van der Waals surface area contributed by atoms with Crippen LogP contribution in [0.15, 0.2) is 16.6 Å². The molecule has 0 heterocycles. The Labute approximate surface area is 126 Å². The molecule has 0 bridgehead atoms. The second-order valence-electron chi connectivity index (χ2n) is 5.26. The van der Waals surface area contributed by atoms with Crippen LogP contribution in [0.1, 0.15) is 19.4 Å². The van der Waals surface area contributed by atoms with Gasteiger partial charge in [-0.2, -0.15) is 0 Å². The number of anilines is 1. The first-order valence-electron chi connectivity index (χ1n) is 5.84. The van der Waals surface area contributed by atoms with Gasteiger partial charge < -0.3 is 5.32 Å². The van der Waals surface area contributed by atoms with Crippen LogP contribution in [0, 0.1) is 17.0 Å². The van der Waals surface area contributed by atoms with Gasteiger partial charge in [0.25, 0.3) is 5.69 Å². The Morgan fingerprint density at radius 2 is 1.95 bits per heavy atom. The maximum atomic E-state index is 11.6. The van der Waals surface area contributed by atoms with Crippen LogP contribution in [0.25, 0.3) is 0 Å². The van der Waals surface area contributed by atoms with Crippen molar-refractivity contribution in [1.82, 2.24) is 0 Å². The number of rotatable bonds is 5. The van der Waals surface area contributed by atoms with E-state index in [0.29, 0.717) is 15.7 Å². The largest absolute Gasteiger partial charge is 0.383 e. The number of benzene rings is 1. The number of nitro benzene ring substituents is 1. The lowest BCUT2D eigenvalue weighted by molar-refractivity contribution is -0.385. The second kappa shape index (κ2) is 5.69. The van der Waals surface area contributed by atoms with E-state index in [1.807, 2.05) is 0 Å². The Morgan fingerprint density at radius 1 is 1.40 bits per heavy atom. The lowest BCUT2D eigenvalue weighted by Crippen LogP contribution is -2.38. The summed E-state index contributed by atoms with van der Waals surface area (Å²) in [6, 6.07) is 3.03. The molecule has 0 unspecified atom stereocenters. The van der Waals surface area contributed by atoms with Crippen molar-refractivity contribution in [2.24, 2.45) is 0 Å². The summed E-state index contributed by atoms with van der Waals surface area (Å²) in [4.78, 5) is 10.4. The molecule has 1 rings (SSSR count). The first-order valence-corrected chi connectivity index (χ1v) is 8.52. The number of hydrogen-bond acceptors (Lipinski definition) is 5. The van der Waals surface area contributed by atoms with Crippen LogP contribution in [-0.2, 0) is 9.84 Å². The molecular weight excluding hydrogens is 348 g/mol. The smallest absolute Gasteiger partial charge is 0.273 e. The third-order valence-corrected chi connectivity index (χ3v) is 6.00. The summed E-state index contributed by atoms with van der Waals surface area (Å²) in [6.07, 6.45) is 1.19. The first-order chi connectivity index (χ1) is 8.95. The summed E-state index contributed by atoms with van der Waals surface area (Å²) in [5, 5.41) is 13.8. The predicted molar refractivity (Wildman–Crippen MR) is 82.9 cm³/mol. The van der Waals surface area contributed by atoms with Crippen LogP contribution in [-0.4, -0.2) is 30.9 Å². The third kappa shape index (κ3) is 3.69. The van der Waals surface area contributed by atoms with E-state index < -0.39 is 19.5 Å². The molecule has 1 N–H and O–H groups in total. The minimum absolute atomic E-state index is 0.0183. The van der Waals surface area contributed by atoms with Crippen molar-refractivity contribution in [3.05, 3.63) is 32.3 Å². The molecule has 6 nitrogen and oxygen atoms in total. The van der Waals surface area contributed by atoms with E-state index >= 15 is 0 Å². The van der Waals surface area contributed by atoms with Gasteiger partial charge >= 0.3 is 0 Å². The summed E-state index contributed by atoms with van der Waals surface area (Å²) in [5.41, 5.74) is 1.16. The number of aryl methyl sites for hydroxylation is 1. The van der Waals surface area contributed by atoms with Crippen molar-refractivity contribution < 1.29 is 13.3 Å². The van der Waals surface area contributed by atoms with Crippen molar-refractivity contribution in [2.45, 2.75) is 25.5 Å². The predicted octanol–water partition coefficient (Wildman–Crippen LogP) is 2.90. The Hall–Kier alpha value is -1.15. The van der Waals surface area contributed by atoms with Gasteiger partial charge in [0.05, 0.1) is 9.67 Å². The highest BCUT2D eigenvalue weighted by Gasteiger charge is 2.30. The second-order valence-corrected chi connectivity index (χ2v) is 8.76. The third-order valence-electron chi connectivity index (χ3n) is 3.19. The fraction of sp³-hybridized carbons (Fsp3) is 0.500. The molecule has 0 atom stereocenters. The Morgan fingerprint density at radius 3 is 2.40 bits per heavy atom. The topological polar surface area (TPSA) is 89.3 Å². The highest BCUT2D eigenvalue weighted by molar-refractivity contribution is 9.10. The summed E-state index contributed by atoms with van der Waals surface area (Å²) in [5.74, 6) is 0. The maximum absolute atomic E-state index is 11.6. The lowest BCUT2D eigenvalue weighted by Gasteiger charge is -2.24. The maximum Gasteiger partial charge on any atom is 0.273 e. The van der Waals surface area contributed by atoms with E-state index in [0.717, 1.165) is 0 Å². The van der Waals surface area contributed by atoms with Gasteiger partial charge in [0.1, 0.15) is 0 Å². The van der Waals surface area contributed by atoms with E-state index in [4.69, 9.17) is 0 Å². The summed E-state index contributed by atoms with van der Waals surface area (Å²) in [7, 11) is -3.20. The quantitative estimate of drug-likeness (QED) is 0.640. The molecule has 0 saturated heterocycles. The van der Waals surface area contributed by atoms with Gasteiger partial charge in [0.2, 0.25) is 0 Å². The number of halogens is 1. The zero-order chi connectivity index (χ0) is 15.7. The van der Waals surface area contributed by atoms with Gasteiger partial charge in [0, 0.05) is 34.6 Å². The number of nitrogens with zero attached hydrogens (tertiary/aromatic N) is 1. The van der Waals surface area contributed by atoms with Crippen molar-refractivity contribution in [2.75, 3.05) is 18.1 Å². The van der Waals surface area contributed by atoms with E-state index in [9.17, 15) is 18.5 Å². The summed E-state index contributed by atoms with van der Waals surface area (Å²) >= 11 is 3.25. The van der Waals surface area contributed by atoms with Crippen molar-refractivity contribution in [3.63, 3.8) is 0 Å². The van der Waals surface area contributed by atoms with Crippen LogP contribution in [0.3, 0.4) is 0 Å². The van der Waals surface area contributed by atoms with E-state index in [-0.39, 0.29) is 12.2 Å². The molecule has 0 aliphatic rings. The number of sulfone groups is 1. The van der Waals surface area contributed by atoms with E-state index in [1.165, 1.54) is 12.3 Å². The first kappa shape index (κ1) is 16.9. The van der Waals surface area contributed by atoms with Crippen LogP contribution in [0.4, 0.5) is 11.4 Å². The summed E-state index contributed by atoms with van der Waals surface area (Å²) < 4.78 is 22.9. The van der Waals surface area contributed by atoms with Gasteiger partial charge in [-0.25, -0.2) is 8.42 Å². The highest BCUT2D eigenvalue weighted by atomic mass is 79.9. The van der Waals surface area contributed by atoms with Crippen LogP contribution >= 0.6 is 15.9 Å². The molecular formula is C12H17BrN2O4S. The number of nitro groups is 1. The molecule has 1 aromatic carbocycles. The zero-order valence-electron chi connectivity index (χ0n) is 11.7. The Balaban J connectivity index is 3.01. The average molecular weight is 365 g/mol. The minimum atomic E-state index is -3.20. The Kier molecular flexibility index (Phi) is 4.81. The van der Waals surface area contributed by atoms with Crippen molar-refractivity contribution >= 4 is 37.1 Å². The van der Waals surface area contributed by atoms with Gasteiger partial charge in [-0.05, 0) is 42.8 Å². The molecule has 0 amide bonds. The molecule has 20 heavy (non-hydrogen) atoms. The van der Waals surface area contributed by atoms with Crippen LogP contribution in [0.2, 0.25) is 0 Å². The Bertz CT molecular complexity index is 641. The average Bonchev–Trinajstić information content (AvgIpc) is 2.28. The van der Waals surface area contributed by atoms with Crippen LogP contribution < -0.4 is 5.32 Å². The fourth-order valence-corrected chi connectivity index (χ4v) is 2.25. The SMILES string of the molecule is Cc1cc(NCC(C)(C)S(C)(=O)=O)c(Br)cc1[N+](=O)[O-]. The highest BCUT2D eigenvalue weighted by Crippen LogP contribution is 2.31. The van der Waals surface area contributed by atoms with E-state index in [2.05, 4.69) is 21.2 Å². The van der Waals surface area contributed by atoms with Gasteiger partial charge in [-0.1, -0.05) is 0 Å². The molecule has 8 heteroatoms. The normalized spacial score (nSPS) is 12.2. The molecule has 1 aromatic rings. The molecule has 0 radical (unpaired) electrons. The molecule has 112 valence electrons. The van der Waals surface area contributed by atoms with Gasteiger partial charge in [-0.3, -0.25) is 10.1 Å². The van der Waals surface area contributed by atoms with Crippen molar-refractivity contribution in [1.29, 1.82) is 0 Å². The summed E-state index contributed by atoms with van der Waals surface area (Å²) in [6.45, 7) is 5.10. The van der Waals surface area contributed by atoms with Crippen LogP contribution in [0.5, 0.6) is 0 Å². The van der Waals surface area contributed by atoms with E-state index in [1.54, 1.807) is 26.8 Å². The minimum Gasteiger partial charge on any atom is -0.383 e. The molecule has 0 aliphatic heterocycles. The molecule has 0 aliphatic carbocycles.